The van der Waals surface area contributed by atoms with Gasteiger partial charge in [-0.15, -0.1) is 0 Å². The summed E-state index contributed by atoms with van der Waals surface area (Å²) in [5.41, 5.74) is 0.126. The Morgan fingerprint density at radius 3 is 2.68 bits per heavy atom. The molecule has 1 saturated heterocycles. The molecule has 0 amide bonds. The zero-order chi connectivity index (χ0) is 22.6. The van der Waals surface area contributed by atoms with Crippen molar-refractivity contribution < 1.29 is 42.8 Å². The first-order valence-corrected chi connectivity index (χ1v) is 11.3. The SMILES string of the molecule is O=P(O)(O)COC[C@H]1O[C@@H](n2ncc3c(NC4CC(F)(F)C4)nc(Cl)nc32)[C@H](O)[C@@H]1O. The summed E-state index contributed by atoms with van der Waals surface area (Å²) in [7, 11) is -4.41. The number of aromatic nitrogens is 4. The van der Waals surface area contributed by atoms with Crippen LogP contribution in [0.15, 0.2) is 6.20 Å². The predicted octanol–water partition coefficient (Wildman–Crippen LogP) is 0.460. The Kier molecular flexibility index (Phi) is 5.94. The largest absolute Gasteiger partial charge is 0.387 e. The van der Waals surface area contributed by atoms with Crippen LogP contribution in [0.25, 0.3) is 11.0 Å². The smallest absolute Gasteiger partial charge is 0.350 e. The van der Waals surface area contributed by atoms with E-state index in [1.807, 2.05) is 0 Å². The lowest BCUT2D eigenvalue weighted by molar-refractivity contribution is -0.0793. The van der Waals surface area contributed by atoms with Crippen molar-refractivity contribution in [2.75, 3.05) is 18.3 Å². The second-order valence-corrected chi connectivity index (χ2v) is 9.41. The maximum atomic E-state index is 13.1. The van der Waals surface area contributed by atoms with E-state index >= 15 is 0 Å². The number of hydrogen-bond acceptors (Lipinski definition) is 9. The topological polar surface area (TPSA) is 172 Å². The number of aliphatic hydroxyl groups excluding tert-OH is 2. The summed E-state index contributed by atoms with van der Waals surface area (Å²) in [5.74, 6) is -2.54. The third kappa shape index (κ3) is 4.81. The molecule has 1 aliphatic heterocycles. The predicted molar refractivity (Wildman–Crippen MR) is 101 cm³/mol. The van der Waals surface area contributed by atoms with Gasteiger partial charge in [0.15, 0.2) is 11.9 Å². The first-order valence-electron chi connectivity index (χ1n) is 9.12. The van der Waals surface area contributed by atoms with E-state index in [1.165, 1.54) is 6.20 Å². The molecule has 5 N–H and O–H groups in total. The fourth-order valence-electron chi connectivity index (χ4n) is 3.51. The van der Waals surface area contributed by atoms with E-state index in [0.717, 1.165) is 4.68 Å². The van der Waals surface area contributed by atoms with Crippen molar-refractivity contribution in [3.05, 3.63) is 11.5 Å². The number of ether oxygens (including phenoxy) is 2. The second-order valence-electron chi connectivity index (χ2n) is 7.48. The van der Waals surface area contributed by atoms with Gasteiger partial charge in [0.25, 0.3) is 5.92 Å². The van der Waals surface area contributed by atoms with Crippen molar-refractivity contribution in [3.8, 4) is 0 Å². The summed E-state index contributed by atoms with van der Waals surface area (Å²) in [6.45, 7) is -0.391. The first kappa shape index (κ1) is 22.7. The lowest BCUT2D eigenvalue weighted by Gasteiger charge is -2.35. The molecule has 2 fully saturated rings. The number of alkyl halides is 2. The first-order chi connectivity index (χ1) is 14.4. The number of fused-ring (bicyclic) bond motifs is 1. The highest BCUT2D eigenvalue weighted by molar-refractivity contribution is 7.51. The highest BCUT2D eigenvalue weighted by Crippen LogP contribution is 2.40. The summed E-state index contributed by atoms with van der Waals surface area (Å²) >= 11 is 5.97. The van der Waals surface area contributed by atoms with Crippen molar-refractivity contribution in [2.45, 2.75) is 49.3 Å². The van der Waals surface area contributed by atoms with Crippen LogP contribution in [0.5, 0.6) is 0 Å². The van der Waals surface area contributed by atoms with Gasteiger partial charge in [-0.2, -0.15) is 15.1 Å². The van der Waals surface area contributed by atoms with Gasteiger partial charge in [-0.25, -0.2) is 13.5 Å². The van der Waals surface area contributed by atoms with Crippen molar-refractivity contribution in [3.63, 3.8) is 0 Å². The quantitative estimate of drug-likeness (QED) is 0.272. The lowest BCUT2D eigenvalue weighted by Crippen LogP contribution is -2.44. The molecule has 0 unspecified atom stereocenters. The molecule has 4 atom stereocenters. The second kappa shape index (κ2) is 8.12. The van der Waals surface area contributed by atoms with Crippen molar-refractivity contribution in [1.82, 2.24) is 19.7 Å². The van der Waals surface area contributed by atoms with Gasteiger partial charge in [0.05, 0.1) is 18.2 Å². The minimum atomic E-state index is -4.41. The third-order valence-electron chi connectivity index (χ3n) is 4.98. The molecule has 0 radical (unpaired) electrons. The Morgan fingerprint density at radius 2 is 2.03 bits per heavy atom. The van der Waals surface area contributed by atoms with Gasteiger partial charge in [0.2, 0.25) is 5.28 Å². The molecule has 3 heterocycles. The van der Waals surface area contributed by atoms with Crippen molar-refractivity contribution >= 4 is 36.0 Å². The molecule has 31 heavy (non-hydrogen) atoms. The van der Waals surface area contributed by atoms with E-state index < -0.39 is 57.1 Å². The van der Waals surface area contributed by atoms with Crippen molar-refractivity contribution in [1.29, 1.82) is 0 Å². The molecule has 16 heteroatoms. The Bertz CT molecular complexity index is 1020. The summed E-state index contributed by atoms with van der Waals surface area (Å²) in [6.07, 6.45) is -5.46. The summed E-state index contributed by atoms with van der Waals surface area (Å²) in [4.78, 5) is 25.8. The number of nitrogens with one attached hydrogen (secondary N) is 1. The molecule has 1 saturated carbocycles. The van der Waals surface area contributed by atoms with Crippen molar-refractivity contribution in [2.24, 2.45) is 0 Å². The van der Waals surface area contributed by atoms with Gasteiger partial charge >= 0.3 is 7.60 Å². The molecule has 2 aromatic rings. The van der Waals surface area contributed by atoms with Crippen LogP contribution in [-0.2, 0) is 14.0 Å². The number of anilines is 1. The summed E-state index contributed by atoms with van der Waals surface area (Å²) in [6, 6.07) is -0.502. The maximum Gasteiger partial charge on any atom is 0.350 e. The van der Waals surface area contributed by atoms with Gasteiger partial charge in [0.1, 0.15) is 30.5 Å². The molecule has 2 aliphatic rings. The molecule has 4 rings (SSSR count). The summed E-state index contributed by atoms with van der Waals surface area (Å²) in [5, 5.41) is 27.7. The summed E-state index contributed by atoms with van der Waals surface area (Å²) < 4.78 is 48.7. The average molecular weight is 486 g/mol. The highest BCUT2D eigenvalue weighted by Gasteiger charge is 2.47. The number of rotatable bonds is 7. The molecule has 1 aliphatic carbocycles. The third-order valence-corrected chi connectivity index (χ3v) is 5.67. The van der Waals surface area contributed by atoms with Crippen LogP contribution in [-0.4, -0.2) is 83.0 Å². The normalized spacial score (nSPS) is 28.7. The minimum Gasteiger partial charge on any atom is -0.387 e. The van der Waals surface area contributed by atoms with Gasteiger partial charge < -0.3 is 34.8 Å². The standard InChI is InChI=1S/C15H19ClF2N5O7P/c16-14-21-11(20-6-1-15(17,18)2-6)7-3-19-23(12(7)22-14)13-10(25)9(24)8(30-13)4-29-5-31(26,27)28/h3,6,8-10,13,24-25H,1-2,4-5H2,(H,20,21,22)(H2,26,27,28)/t8-,9-,10-,13-/m1/s1. The van der Waals surface area contributed by atoms with Crippen LogP contribution in [0.4, 0.5) is 14.6 Å². The monoisotopic (exact) mass is 485 g/mol. The van der Waals surface area contributed by atoms with Crippen LogP contribution in [0, 0.1) is 0 Å². The number of hydrogen-bond donors (Lipinski definition) is 5. The van der Waals surface area contributed by atoms with E-state index in [1.54, 1.807) is 0 Å². The molecular weight excluding hydrogens is 467 g/mol. The Morgan fingerprint density at radius 1 is 1.32 bits per heavy atom. The molecule has 2 aromatic heterocycles. The Labute approximate surface area is 178 Å². The molecule has 12 nitrogen and oxygen atoms in total. The average Bonchev–Trinajstić information content (AvgIpc) is 3.15. The van der Waals surface area contributed by atoms with Crippen LogP contribution in [0.1, 0.15) is 19.1 Å². The zero-order valence-corrected chi connectivity index (χ0v) is 17.3. The zero-order valence-electron chi connectivity index (χ0n) is 15.7. The van der Waals surface area contributed by atoms with Crippen LogP contribution >= 0.6 is 19.2 Å². The van der Waals surface area contributed by atoms with Crippen LogP contribution in [0.2, 0.25) is 5.28 Å². The fourth-order valence-corrected chi connectivity index (χ4v) is 4.02. The maximum absolute atomic E-state index is 13.1. The number of halogens is 3. The molecule has 0 aromatic carbocycles. The Balaban J connectivity index is 1.53. The van der Waals surface area contributed by atoms with E-state index in [0.29, 0.717) is 5.39 Å². The van der Waals surface area contributed by atoms with Gasteiger partial charge in [-0.05, 0) is 11.6 Å². The van der Waals surface area contributed by atoms with E-state index in [-0.39, 0.29) is 29.6 Å². The lowest BCUT2D eigenvalue weighted by atomic mass is 9.88. The highest BCUT2D eigenvalue weighted by atomic mass is 35.5. The fraction of sp³-hybridized carbons (Fsp3) is 0.667. The molecule has 0 spiro atoms. The number of aliphatic hydroxyl groups is 2. The molecule has 0 bridgehead atoms. The number of nitrogens with zero attached hydrogens (tertiary/aromatic N) is 4. The van der Waals surface area contributed by atoms with Gasteiger partial charge in [-0.3, -0.25) is 4.57 Å². The Hall–Kier alpha value is -1.51. The van der Waals surface area contributed by atoms with Gasteiger partial charge in [0, 0.05) is 18.9 Å². The van der Waals surface area contributed by atoms with Gasteiger partial charge in [-0.1, -0.05) is 0 Å². The minimum absolute atomic E-state index is 0.126. The molecular formula is C15H19ClF2N5O7P. The van der Waals surface area contributed by atoms with Crippen LogP contribution in [0.3, 0.4) is 0 Å². The van der Waals surface area contributed by atoms with Crippen LogP contribution < -0.4 is 5.32 Å². The van der Waals surface area contributed by atoms with E-state index in [9.17, 15) is 23.6 Å². The van der Waals surface area contributed by atoms with E-state index in [2.05, 4.69) is 20.4 Å². The molecule has 172 valence electrons. The van der Waals surface area contributed by atoms with E-state index in [4.69, 9.17) is 30.9 Å².